The molecule has 8 N–H and O–H groups in total. The Morgan fingerprint density at radius 1 is 0.818 bits per heavy atom. The summed E-state index contributed by atoms with van der Waals surface area (Å²) in [4.78, 5) is 28.5. The molecule has 4 amide bonds. The van der Waals surface area contributed by atoms with Gasteiger partial charge in [0.2, 0.25) is 11.8 Å². The van der Waals surface area contributed by atoms with E-state index in [-0.39, 0.29) is 6.42 Å². The predicted molar refractivity (Wildman–Crippen MR) is 36.8 cm³/mol. The Bertz CT molecular complexity index is 151. The van der Waals surface area contributed by atoms with Crippen LogP contribution < -0.4 is 22.9 Å². The van der Waals surface area contributed by atoms with Gasteiger partial charge in [0.1, 0.15) is 6.42 Å². The Balaban J connectivity index is 0. The summed E-state index contributed by atoms with van der Waals surface area (Å²) in [7, 11) is 0. The summed E-state index contributed by atoms with van der Waals surface area (Å²) in [6.07, 6.45) is -0.361. The summed E-state index contributed by atoms with van der Waals surface area (Å²) >= 11 is 0. The van der Waals surface area contributed by atoms with Gasteiger partial charge >= 0.3 is 6.03 Å². The van der Waals surface area contributed by atoms with Crippen molar-refractivity contribution in [1.82, 2.24) is 0 Å². The lowest BCUT2D eigenvalue weighted by Crippen LogP contribution is -2.21. The van der Waals surface area contributed by atoms with Crippen LogP contribution in [0.1, 0.15) is 6.42 Å². The van der Waals surface area contributed by atoms with E-state index in [0.29, 0.717) is 0 Å². The zero-order valence-electron chi connectivity index (χ0n) is 5.74. The maximum Gasteiger partial charge on any atom is 0.309 e. The van der Waals surface area contributed by atoms with Gasteiger partial charge in [0.25, 0.3) is 0 Å². The molecule has 0 aromatic carbocycles. The minimum atomic E-state index is -0.833. The molecule has 0 spiro atoms. The highest BCUT2D eigenvalue weighted by Crippen LogP contribution is 1.68. The average molecular weight is 162 g/mol. The van der Waals surface area contributed by atoms with Gasteiger partial charge in [-0.05, 0) is 0 Å². The summed E-state index contributed by atoms with van der Waals surface area (Å²) in [5.74, 6) is -1.37. The first-order valence-corrected chi connectivity index (χ1v) is 2.47. The number of hydrogen-bond donors (Lipinski definition) is 4. The minimum Gasteiger partial charge on any atom is -0.369 e. The van der Waals surface area contributed by atoms with Crippen LogP contribution in [0.15, 0.2) is 0 Å². The molecule has 0 radical (unpaired) electrons. The number of carbonyl (C=O) groups excluding carboxylic acids is 3. The maximum atomic E-state index is 9.73. The second-order valence-corrected chi connectivity index (χ2v) is 1.51. The fraction of sp³-hybridized carbons (Fsp3) is 0.250. The third-order valence-corrected chi connectivity index (χ3v) is 0.348. The number of primary amides is 4. The fourth-order valence-electron chi connectivity index (χ4n) is 0.172. The van der Waals surface area contributed by atoms with E-state index < -0.39 is 17.8 Å². The van der Waals surface area contributed by atoms with Gasteiger partial charge in [-0.3, -0.25) is 9.59 Å². The second-order valence-electron chi connectivity index (χ2n) is 1.51. The first kappa shape index (κ1) is 11.9. The van der Waals surface area contributed by atoms with E-state index in [4.69, 9.17) is 4.79 Å². The van der Waals surface area contributed by atoms with Crippen LogP contribution in [0, 0.1) is 0 Å². The molecule has 0 rings (SSSR count). The third-order valence-electron chi connectivity index (χ3n) is 0.348. The van der Waals surface area contributed by atoms with Crippen molar-refractivity contribution in [1.29, 1.82) is 0 Å². The van der Waals surface area contributed by atoms with Crippen molar-refractivity contribution < 1.29 is 14.4 Å². The van der Waals surface area contributed by atoms with Crippen LogP contribution in [-0.2, 0) is 9.59 Å². The van der Waals surface area contributed by atoms with Gasteiger partial charge in [0.15, 0.2) is 0 Å². The standard InChI is InChI=1S/C3H6N2O2.CH4N2O/c4-2(6)1-3(5)7;2-1(3)4/h1H2,(H2,4,6)(H2,5,7);(H4,2,3,4). The molecule has 0 bridgehead atoms. The van der Waals surface area contributed by atoms with Crippen molar-refractivity contribution in [2.24, 2.45) is 22.9 Å². The molecule has 0 aromatic rings. The Morgan fingerprint density at radius 3 is 1.00 bits per heavy atom. The molecule has 11 heavy (non-hydrogen) atoms. The van der Waals surface area contributed by atoms with E-state index in [1.54, 1.807) is 0 Å². The molecule has 0 aromatic heterocycles. The minimum absolute atomic E-state index is 0.361. The predicted octanol–water partition coefficient (Wildman–Crippen LogP) is -2.63. The van der Waals surface area contributed by atoms with Crippen LogP contribution in [0.4, 0.5) is 4.79 Å². The SMILES string of the molecule is NC(=O)CC(N)=O.NC(N)=O. The Kier molecular flexibility index (Phi) is 6.87. The van der Waals surface area contributed by atoms with Gasteiger partial charge in [-0.15, -0.1) is 0 Å². The molecule has 0 saturated carbocycles. The van der Waals surface area contributed by atoms with E-state index in [9.17, 15) is 9.59 Å². The molecular weight excluding hydrogens is 152 g/mol. The molecular formula is C4H10N4O3. The van der Waals surface area contributed by atoms with Crippen LogP contribution in [0.25, 0.3) is 0 Å². The number of amides is 4. The largest absolute Gasteiger partial charge is 0.369 e. The average Bonchev–Trinajstić information content (AvgIpc) is 1.56. The zero-order valence-corrected chi connectivity index (χ0v) is 5.74. The lowest BCUT2D eigenvalue weighted by atomic mass is 10.4. The van der Waals surface area contributed by atoms with Crippen molar-refractivity contribution in [3.05, 3.63) is 0 Å². The Hall–Kier alpha value is -1.79. The van der Waals surface area contributed by atoms with Crippen LogP contribution in [0.2, 0.25) is 0 Å². The van der Waals surface area contributed by atoms with E-state index in [1.807, 2.05) is 0 Å². The summed E-state index contributed by atoms with van der Waals surface area (Å²) in [6, 6.07) is -0.833. The highest BCUT2D eigenvalue weighted by atomic mass is 16.2. The van der Waals surface area contributed by atoms with Crippen LogP contribution in [-0.4, -0.2) is 17.8 Å². The van der Waals surface area contributed by atoms with Crippen molar-refractivity contribution >= 4 is 17.8 Å². The normalized spacial score (nSPS) is 7.27. The molecule has 0 atom stereocenters. The molecule has 0 fully saturated rings. The second kappa shape index (κ2) is 6.33. The molecule has 0 aliphatic carbocycles. The first-order chi connectivity index (χ1) is 4.86. The molecule has 7 nitrogen and oxygen atoms in total. The molecule has 0 heterocycles. The number of rotatable bonds is 2. The van der Waals surface area contributed by atoms with Crippen molar-refractivity contribution in [2.75, 3.05) is 0 Å². The molecule has 7 heteroatoms. The van der Waals surface area contributed by atoms with Gasteiger partial charge in [-0.1, -0.05) is 0 Å². The van der Waals surface area contributed by atoms with Gasteiger partial charge in [-0.25, -0.2) is 4.79 Å². The summed E-state index contributed by atoms with van der Waals surface area (Å²) < 4.78 is 0. The maximum absolute atomic E-state index is 9.73. The van der Waals surface area contributed by atoms with Crippen molar-refractivity contribution in [3.8, 4) is 0 Å². The summed E-state index contributed by atoms with van der Waals surface area (Å²) in [5.41, 5.74) is 17.6. The Morgan fingerprint density at radius 2 is 1.00 bits per heavy atom. The van der Waals surface area contributed by atoms with E-state index in [2.05, 4.69) is 22.9 Å². The van der Waals surface area contributed by atoms with E-state index >= 15 is 0 Å². The van der Waals surface area contributed by atoms with Gasteiger partial charge in [0, 0.05) is 0 Å². The van der Waals surface area contributed by atoms with Gasteiger partial charge in [0.05, 0.1) is 0 Å². The van der Waals surface area contributed by atoms with Crippen LogP contribution in [0.3, 0.4) is 0 Å². The highest BCUT2D eigenvalue weighted by Gasteiger charge is 1.96. The highest BCUT2D eigenvalue weighted by molar-refractivity contribution is 5.95. The van der Waals surface area contributed by atoms with E-state index in [1.165, 1.54) is 0 Å². The Labute approximate surface area is 62.7 Å². The first-order valence-electron chi connectivity index (χ1n) is 2.47. The summed E-state index contributed by atoms with van der Waals surface area (Å²) in [5, 5.41) is 0. The van der Waals surface area contributed by atoms with Crippen molar-refractivity contribution in [2.45, 2.75) is 6.42 Å². The topological polar surface area (TPSA) is 155 Å². The molecule has 0 aliphatic rings. The quantitative estimate of drug-likeness (QED) is 0.328. The third kappa shape index (κ3) is 64.8. The number of carbonyl (C=O) groups is 3. The van der Waals surface area contributed by atoms with Crippen molar-refractivity contribution in [3.63, 3.8) is 0 Å². The van der Waals surface area contributed by atoms with Gasteiger partial charge < -0.3 is 22.9 Å². The fourth-order valence-corrected chi connectivity index (χ4v) is 0.172. The zero-order chi connectivity index (χ0) is 9.44. The number of hydrogen-bond acceptors (Lipinski definition) is 3. The molecule has 0 saturated heterocycles. The smallest absolute Gasteiger partial charge is 0.309 e. The van der Waals surface area contributed by atoms with E-state index in [0.717, 1.165) is 0 Å². The molecule has 0 aliphatic heterocycles. The monoisotopic (exact) mass is 162 g/mol. The lowest BCUT2D eigenvalue weighted by molar-refractivity contribution is -0.125. The molecule has 0 unspecified atom stereocenters. The molecule has 64 valence electrons. The number of nitrogens with two attached hydrogens (primary N) is 4. The van der Waals surface area contributed by atoms with Gasteiger partial charge in [-0.2, -0.15) is 0 Å². The summed E-state index contributed by atoms with van der Waals surface area (Å²) in [6.45, 7) is 0. The van der Waals surface area contributed by atoms with Crippen LogP contribution >= 0.6 is 0 Å². The lowest BCUT2D eigenvalue weighted by Gasteiger charge is -1.82. The van der Waals surface area contributed by atoms with Crippen LogP contribution in [0.5, 0.6) is 0 Å². The number of urea groups is 1.